The Balaban J connectivity index is 2.62. The van der Waals surface area contributed by atoms with Crippen molar-refractivity contribution in [3.05, 3.63) is 47.7 Å². The van der Waals surface area contributed by atoms with Crippen molar-refractivity contribution in [1.82, 2.24) is 10.2 Å². The molecule has 0 fully saturated rings. The molecule has 2 nitrogen and oxygen atoms in total. The summed E-state index contributed by atoms with van der Waals surface area (Å²) in [5.74, 6) is 0. The van der Waals surface area contributed by atoms with Crippen molar-refractivity contribution in [2.75, 3.05) is 0 Å². The first kappa shape index (κ1) is 14.3. The molecule has 0 bridgehead atoms. The predicted octanol–water partition coefficient (Wildman–Crippen LogP) is 4.18. The Morgan fingerprint density at radius 2 is 1.45 bits per heavy atom. The van der Waals surface area contributed by atoms with Gasteiger partial charge in [-0.2, -0.15) is 36.5 Å². The maximum absolute atomic E-state index is 12.7. The first-order valence-electron chi connectivity index (χ1n) is 5.26. The van der Waals surface area contributed by atoms with E-state index in [2.05, 4.69) is 10.2 Å². The summed E-state index contributed by atoms with van der Waals surface area (Å²) in [5.41, 5.74) is -3.49. The molecule has 106 valence electrons. The van der Waals surface area contributed by atoms with Gasteiger partial charge < -0.3 is 0 Å². The lowest BCUT2D eigenvalue weighted by molar-refractivity contribution is -0.162. The molecule has 1 heterocycles. The summed E-state index contributed by atoms with van der Waals surface area (Å²) in [7, 11) is 0. The zero-order valence-electron chi connectivity index (χ0n) is 9.63. The van der Waals surface area contributed by atoms with Gasteiger partial charge in [0.15, 0.2) is 0 Å². The second kappa shape index (κ2) is 4.77. The number of nitrogens with zero attached hydrogens (tertiary/aromatic N) is 2. The first-order valence-corrected chi connectivity index (χ1v) is 5.26. The lowest BCUT2D eigenvalue weighted by atomic mass is 10.0. The molecule has 0 N–H and O–H groups in total. The minimum atomic E-state index is -5.11. The van der Waals surface area contributed by atoms with Crippen molar-refractivity contribution in [3.8, 4) is 11.3 Å². The average molecular weight is 292 g/mol. The lowest BCUT2D eigenvalue weighted by Crippen LogP contribution is -2.16. The van der Waals surface area contributed by atoms with E-state index >= 15 is 0 Å². The van der Waals surface area contributed by atoms with Gasteiger partial charge in [-0.25, -0.2) is 0 Å². The van der Waals surface area contributed by atoms with Gasteiger partial charge in [-0.15, -0.1) is 0 Å². The third-order valence-corrected chi connectivity index (χ3v) is 2.50. The van der Waals surface area contributed by atoms with E-state index in [0.29, 0.717) is 12.1 Å². The van der Waals surface area contributed by atoms with Crippen LogP contribution in [0.5, 0.6) is 0 Å². The maximum Gasteiger partial charge on any atom is 0.417 e. The van der Waals surface area contributed by atoms with E-state index in [0.717, 1.165) is 6.07 Å². The highest BCUT2D eigenvalue weighted by atomic mass is 19.4. The summed E-state index contributed by atoms with van der Waals surface area (Å²) in [4.78, 5) is 0. The zero-order valence-corrected chi connectivity index (χ0v) is 9.63. The third kappa shape index (κ3) is 2.89. The summed E-state index contributed by atoms with van der Waals surface area (Å²) in [6.45, 7) is 0. The monoisotopic (exact) mass is 292 g/mol. The highest BCUT2D eigenvalue weighted by Crippen LogP contribution is 2.41. The van der Waals surface area contributed by atoms with E-state index in [9.17, 15) is 26.3 Å². The molecule has 8 heteroatoms. The van der Waals surface area contributed by atoms with E-state index < -0.39 is 23.5 Å². The van der Waals surface area contributed by atoms with Gasteiger partial charge in [0.05, 0.1) is 16.8 Å². The van der Waals surface area contributed by atoms with Crippen molar-refractivity contribution in [1.29, 1.82) is 0 Å². The Labute approximate surface area is 109 Å². The zero-order chi connectivity index (χ0) is 15.0. The molecule has 2 rings (SSSR count). The summed E-state index contributed by atoms with van der Waals surface area (Å²) in [5, 5.41) is 7.04. The molecule has 0 aliphatic carbocycles. The number of hydrogen-bond donors (Lipinski definition) is 0. The number of benzene rings is 1. The molecule has 0 aliphatic heterocycles. The Morgan fingerprint density at radius 3 is 1.95 bits per heavy atom. The number of hydrogen-bond acceptors (Lipinski definition) is 2. The molecular weight excluding hydrogens is 286 g/mol. The lowest BCUT2D eigenvalue weighted by Gasteiger charge is -2.16. The fourth-order valence-electron chi connectivity index (χ4n) is 1.64. The first-order chi connectivity index (χ1) is 9.19. The van der Waals surface area contributed by atoms with Crippen molar-refractivity contribution >= 4 is 0 Å². The molecule has 0 saturated carbocycles. The standard InChI is InChI=1S/C12H6F6N2/c13-11(14,15)8-4-3-7(6-9(8)12(16,17)18)10-2-1-5-19-20-10/h1-6H. The van der Waals surface area contributed by atoms with Gasteiger partial charge in [0.25, 0.3) is 0 Å². The Bertz CT molecular complexity index is 604. The van der Waals surface area contributed by atoms with Gasteiger partial charge in [-0.3, -0.25) is 0 Å². The van der Waals surface area contributed by atoms with Gasteiger partial charge in [0.2, 0.25) is 0 Å². The summed E-state index contributed by atoms with van der Waals surface area (Å²) in [6, 6.07) is 4.53. The van der Waals surface area contributed by atoms with E-state index in [-0.39, 0.29) is 11.3 Å². The van der Waals surface area contributed by atoms with Gasteiger partial charge in [0, 0.05) is 11.8 Å². The minimum absolute atomic E-state index is 0.0618. The molecule has 2 aromatic rings. The molecule has 1 aromatic carbocycles. The van der Waals surface area contributed by atoms with E-state index in [1.807, 2.05) is 0 Å². The summed E-state index contributed by atoms with van der Waals surface area (Å²) < 4.78 is 76.0. The van der Waals surface area contributed by atoms with Crippen LogP contribution in [0.4, 0.5) is 26.3 Å². The fraction of sp³-hybridized carbons (Fsp3) is 0.167. The van der Waals surface area contributed by atoms with Crippen molar-refractivity contribution in [2.45, 2.75) is 12.4 Å². The predicted molar refractivity (Wildman–Crippen MR) is 57.5 cm³/mol. The van der Waals surface area contributed by atoms with Crippen LogP contribution in [0.25, 0.3) is 11.3 Å². The van der Waals surface area contributed by atoms with Crippen LogP contribution in [-0.2, 0) is 12.4 Å². The van der Waals surface area contributed by atoms with Crippen LogP contribution in [0.1, 0.15) is 11.1 Å². The molecule has 0 amide bonds. The number of halogens is 6. The van der Waals surface area contributed by atoms with Crippen LogP contribution in [0.15, 0.2) is 36.5 Å². The molecule has 0 atom stereocenters. The second-order valence-electron chi connectivity index (χ2n) is 3.86. The number of alkyl halides is 6. The number of aromatic nitrogens is 2. The smallest absolute Gasteiger partial charge is 0.166 e. The van der Waals surface area contributed by atoms with E-state index in [1.165, 1.54) is 18.3 Å². The average Bonchev–Trinajstić information content (AvgIpc) is 2.37. The third-order valence-electron chi connectivity index (χ3n) is 2.50. The normalized spacial score (nSPS) is 12.5. The molecule has 0 aliphatic rings. The highest BCUT2D eigenvalue weighted by molar-refractivity contribution is 5.61. The van der Waals surface area contributed by atoms with Crippen molar-refractivity contribution < 1.29 is 26.3 Å². The molecule has 0 spiro atoms. The Kier molecular flexibility index (Phi) is 3.41. The van der Waals surface area contributed by atoms with Crippen LogP contribution in [0.2, 0.25) is 0 Å². The Morgan fingerprint density at radius 1 is 0.800 bits per heavy atom. The van der Waals surface area contributed by atoms with Crippen molar-refractivity contribution in [3.63, 3.8) is 0 Å². The molecule has 0 saturated heterocycles. The van der Waals surface area contributed by atoms with E-state index in [1.54, 1.807) is 0 Å². The molecule has 0 radical (unpaired) electrons. The second-order valence-corrected chi connectivity index (χ2v) is 3.86. The van der Waals surface area contributed by atoms with Crippen LogP contribution >= 0.6 is 0 Å². The number of rotatable bonds is 1. The molecule has 20 heavy (non-hydrogen) atoms. The van der Waals surface area contributed by atoms with Gasteiger partial charge >= 0.3 is 12.4 Å². The topological polar surface area (TPSA) is 25.8 Å². The molecule has 0 unspecified atom stereocenters. The Hall–Kier alpha value is -2.12. The van der Waals surface area contributed by atoms with Gasteiger partial charge in [0.1, 0.15) is 0 Å². The largest absolute Gasteiger partial charge is 0.417 e. The van der Waals surface area contributed by atoms with Crippen molar-refractivity contribution in [2.24, 2.45) is 0 Å². The fourth-order valence-corrected chi connectivity index (χ4v) is 1.64. The van der Waals surface area contributed by atoms with Gasteiger partial charge in [-0.05, 0) is 24.3 Å². The summed E-state index contributed by atoms with van der Waals surface area (Å²) in [6.07, 6.45) is -8.88. The maximum atomic E-state index is 12.7. The van der Waals surface area contributed by atoms with Crippen LogP contribution in [0, 0.1) is 0 Å². The molecule has 1 aromatic heterocycles. The molecular formula is C12H6F6N2. The van der Waals surface area contributed by atoms with Crippen LogP contribution < -0.4 is 0 Å². The van der Waals surface area contributed by atoms with Gasteiger partial charge in [-0.1, -0.05) is 6.07 Å². The van der Waals surface area contributed by atoms with Crippen LogP contribution in [-0.4, -0.2) is 10.2 Å². The minimum Gasteiger partial charge on any atom is -0.166 e. The van der Waals surface area contributed by atoms with E-state index in [4.69, 9.17) is 0 Å². The highest BCUT2D eigenvalue weighted by Gasteiger charge is 2.43. The SMILES string of the molecule is FC(F)(F)c1ccc(-c2cccnn2)cc1C(F)(F)F. The summed E-state index contributed by atoms with van der Waals surface area (Å²) >= 11 is 0. The van der Waals surface area contributed by atoms with Crippen LogP contribution in [0.3, 0.4) is 0 Å². The quantitative estimate of drug-likeness (QED) is 0.737.